The molecule has 3 heteroatoms. The normalized spacial score (nSPS) is 11.2. The summed E-state index contributed by atoms with van der Waals surface area (Å²) in [7, 11) is 1.57. The molecular weight excluding hydrogens is 198 g/mol. The van der Waals surface area contributed by atoms with Crippen LogP contribution in [0.4, 0.5) is 0 Å². The van der Waals surface area contributed by atoms with Crippen LogP contribution in [-0.4, -0.2) is 13.3 Å². The Morgan fingerprint density at radius 2 is 2.21 bits per heavy atom. The van der Waals surface area contributed by atoms with Crippen LogP contribution in [0.2, 0.25) is 5.02 Å². The Morgan fingerprint density at radius 3 is 2.71 bits per heavy atom. The molecule has 0 amide bonds. The smallest absolute Gasteiger partial charge is 0.138 e. The molecule has 0 unspecified atom stereocenters. The van der Waals surface area contributed by atoms with E-state index in [0.717, 1.165) is 11.1 Å². The highest BCUT2D eigenvalue weighted by Gasteiger charge is 2.03. The zero-order valence-electron chi connectivity index (χ0n) is 8.17. The van der Waals surface area contributed by atoms with Gasteiger partial charge in [0.1, 0.15) is 5.75 Å². The van der Waals surface area contributed by atoms with Gasteiger partial charge in [-0.05, 0) is 30.2 Å². The molecule has 1 aromatic rings. The topological polar surface area (TPSA) is 33.1 Å². The van der Waals surface area contributed by atoms with E-state index in [0.29, 0.717) is 10.8 Å². The summed E-state index contributed by atoms with van der Waals surface area (Å²) in [5.74, 6) is 0.630. The lowest BCUT2D eigenvalue weighted by Crippen LogP contribution is -1.89. The third-order valence-corrected chi connectivity index (χ3v) is 2.26. The largest absolute Gasteiger partial charge is 0.495 e. The van der Waals surface area contributed by atoms with E-state index in [1.54, 1.807) is 13.2 Å². The molecule has 0 saturated carbocycles. The maximum atomic E-state index is 7.21. The highest BCUT2D eigenvalue weighted by Crippen LogP contribution is 2.27. The second kappa shape index (κ2) is 4.82. The maximum Gasteiger partial charge on any atom is 0.138 e. The first-order valence-electron chi connectivity index (χ1n) is 4.23. The van der Waals surface area contributed by atoms with Crippen molar-refractivity contribution in [2.24, 2.45) is 0 Å². The fourth-order valence-electron chi connectivity index (χ4n) is 1.17. The van der Waals surface area contributed by atoms with Crippen LogP contribution in [0.15, 0.2) is 24.3 Å². The first-order chi connectivity index (χ1) is 6.72. The number of hydrogen-bond acceptors (Lipinski definition) is 2. The Bertz CT molecular complexity index is 372. The molecule has 0 saturated heterocycles. The molecule has 0 aliphatic rings. The van der Waals surface area contributed by atoms with Crippen molar-refractivity contribution in [2.75, 3.05) is 7.11 Å². The molecule has 0 bridgehead atoms. The van der Waals surface area contributed by atoms with Gasteiger partial charge < -0.3 is 10.1 Å². The lowest BCUT2D eigenvalue weighted by Gasteiger charge is -2.06. The maximum absolute atomic E-state index is 7.21. The fraction of sp³-hybridized carbons (Fsp3) is 0.182. The molecule has 1 aromatic carbocycles. The van der Waals surface area contributed by atoms with E-state index in [-0.39, 0.29) is 0 Å². The van der Waals surface area contributed by atoms with Gasteiger partial charge >= 0.3 is 0 Å². The number of ether oxygens (including phenoxy) is 1. The average Bonchev–Trinajstić information content (AvgIpc) is 2.22. The molecule has 0 atom stereocenters. The lowest BCUT2D eigenvalue weighted by molar-refractivity contribution is 0.415. The molecule has 2 nitrogen and oxygen atoms in total. The van der Waals surface area contributed by atoms with E-state index in [1.165, 1.54) is 6.21 Å². The molecule has 0 fully saturated rings. The van der Waals surface area contributed by atoms with E-state index in [1.807, 2.05) is 25.1 Å². The van der Waals surface area contributed by atoms with Gasteiger partial charge in [0.25, 0.3) is 0 Å². The van der Waals surface area contributed by atoms with Crippen molar-refractivity contribution in [3.63, 3.8) is 0 Å². The van der Waals surface area contributed by atoms with Gasteiger partial charge in [-0.3, -0.25) is 0 Å². The van der Waals surface area contributed by atoms with Gasteiger partial charge in [0, 0.05) is 6.21 Å². The molecule has 0 heterocycles. The van der Waals surface area contributed by atoms with E-state index >= 15 is 0 Å². The summed E-state index contributed by atoms with van der Waals surface area (Å²) in [6.45, 7) is 1.89. The van der Waals surface area contributed by atoms with E-state index in [2.05, 4.69) is 0 Å². The van der Waals surface area contributed by atoms with Crippen LogP contribution in [0.3, 0.4) is 0 Å². The van der Waals surface area contributed by atoms with Crippen molar-refractivity contribution in [1.29, 1.82) is 5.41 Å². The number of allylic oxidation sites excluding steroid dienone is 2. The Hall–Kier alpha value is -1.28. The minimum Gasteiger partial charge on any atom is -0.495 e. The summed E-state index contributed by atoms with van der Waals surface area (Å²) in [6.07, 6.45) is 3.18. The molecule has 0 radical (unpaired) electrons. The van der Waals surface area contributed by atoms with Gasteiger partial charge in [0.05, 0.1) is 12.1 Å². The van der Waals surface area contributed by atoms with E-state index < -0.39 is 0 Å². The molecule has 0 aromatic heterocycles. The van der Waals surface area contributed by atoms with Crippen molar-refractivity contribution < 1.29 is 4.74 Å². The van der Waals surface area contributed by atoms with Gasteiger partial charge in [-0.1, -0.05) is 23.7 Å². The minimum absolute atomic E-state index is 0.580. The van der Waals surface area contributed by atoms with E-state index in [4.69, 9.17) is 21.7 Å². The van der Waals surface area contributed by atoms with Gasteiger partial charge in [-0.2, -0.15) is 0 Å². The fourth-order valence-corrected chi connectivity index (χ4v) is 1.37. The number of nitrogens with one attached hydrogen (secondary N) is 1. The SMILES string of the molecule is C/C=C(\C=N)c1ccc(Cl)c(OC)c1. The Labute approximate surface area is 88.7 Å². The lowest BCUT2D eigenvalue weighted by atomic mass is 10.1. The number of hydrogen-bond donors (Lipinski definition) is 1. The predicted molar refractivity (Wildman–Crippen MR) is 60.4 cm³/mol. The summed E-state index contributed by atoms with van der Waals surface area (Å²) < 4.78 is 5.09. The number of benzene rings is 1. The molecule has 1 N–H and O–H groups in total. The van der Waals surface area contributed by atoms with Crippen molar-refractivity contribution in [1.82, 2.24) is 0 Å². The second-order valence-corrected chi connectivity index (χ2v) is 3.14. The number of halogens is 1. The Morgan fingerprint density at radius 1 is 1.50 bits per heavy atom. The predicted octanol–water partition coefficient (Wildman–Crippen LogP) is 3.40. The third-order valence-electron chi connectivity index (χ3n) is 1.95. The number of methoxy groups -OCH3 is 1. The average molecular weight is 210 g/mol. The highest BCUT2D eigenvalue weighted by atomic mass is 35.5. The molecule has 0 aliphatic heterocycles. The van der Waals surface area contributed by atoms with Gasteiger partial charge in [-0.15, -0.1) is 0 Å². The summed E-state index contributed by atoms with van der Waals surface area (Å²) in [6, 6.07) is 5.46. The van der Waals surface area contributed by atoms with Crippen LogP contribution in [0, 0.1) is 5.41 Å². The van der Waals surface area contributed by atoms with Gasteiger partial charge in [0.15, 0.2) is 0 Å². The monoisotopic (exact) mass is 209 g/mol. The summed E-state index contributed by atoms with van der Waals surface area (Å²) in [5, 5.41) is 7.79. The Balaban J connectivity index is 3.18. The quantitative estimate of drug-likeness (QED) is 0.761. The minimum atomic E-state index is 0.580. The first kappa shape index (κ1) is 10.8. The molecule has 1 rings (SSSR count). The summed E-state index contributed by atoms with van der Waals surface area (Å²) in [4.78, 5) is 0. The summed E-state index contributed by atoms with van der Waals surface area (Å²) >= 11 is 5.89. The van der Waals surface area contributed by atoms with Crippen molar-refractivity contribution >= 4 is 23.4 Å². The van der Waals surface area contributed by atoms with Crippen LogP contribution >= 0.6 is 11.6 Å². The number of rotatable bonds is 3. The van der Waals surface area contributed by atoms with Crippen molar-refractivity contribution in [3.05, 3.63) is 34.9 Å². The standard InChI is InChI=1S/C11H12ClNO/c1-3-8(7-13)9-4-5-10(12)11(6-9)14-2/h3-7,13H,1-2H3/b8-3+,13-7?. The molecule has 0 aliphatic carbocycles. The third kappa shape index (κ3) is 2.15. The van der Waals surface area contributed by atoms with E-state index in [9.17, 15) is 0 Å². The van der Waals surface area contributed by atoms with Crippen LogP contribution < -0.4 is 4.74 Å². The molecule has 14 heavy (non-hydrogen) atoms. The first-order valence-corrected chi connectivity index (χ1v) is 4.61. The van der Waals surface area contributed by atoms with Gasteiger partial charge in [-0.25, -0.2) is 0 Å². The molecule has 74 valence electrons. The highest BCUT2D eigenvalue weighted by molar-refractivity contribution is 6.32. The van der Waals surface area contributed by atoms with Gasteiger partial charge in [0.2, 0.25) is 0 Å². The van der Waals surface area contributed by atoms with Crippen LogP contribution in [0.5, 0.6) is 5.75 Å². The van der Waals surface area contributed by atoms with Crippen molar-refractivity contribution in [3.8, 4) is 5.75 Å². The van der Waals surface area contributed by atoms with Crippen LogP contribution in [0.25, 0.3) is 5.57 Å². The zero-order valence-corrected chi connectivity index (χ0v) is 8.93. The summed E-state index contributed by atoms with van der Waals surface area (Å²) in [5.41, 5.74) is 1.78. The van der Waals surface area contributed by atoms with Crippen LogP contribution in [0.1, 0.15) is 12.5 Å². The van der Waals surface area contributed by atoms with Crippen molar-refractivity contribution in [2.45, 2.75) is 6.92 Å². The molecular formula is C11H12ClNO. The van der Waals surface area contributed by atoms with Crippen LogP contribution in [-0.2, 0) is 0 Å². The zero-order chi connectivity index (χ0) is 10.6. The Kier molecular flexibility index (Phi) is 3.72. The molecule has 0 spiro atoms. The second-order valence-electron chi connectivity index (χ2n) is 2.74.